The van der Waals surface area contributed by atoms with Gasteiger partial charge in [-0.15, -0.1) is 0 Å². The molecule has 2 heterocycles. The number of aromatic nitrogens is 3. The van der Waals surface area contributed by atoms with Crippen molar-refractivity contribution in [2.45, 2.75) is 39.3 Å². The summed E-state index contributed by atoms with van der Waals surface area (Å²) in [7, 11) is 0. The van der Waals surface area contributed by atoms with Crippen LogP contribution in [-0.4, -0.2) is 42.2 Å². The fourth-order valence-corrected chi connectivity index (χ4v) is 4.79. The first-order chi connectivity index (χ1) is 18.4. The molecule has 4 rings (SSSR count). The maximum atomic E-state index is 13.9. The summed E-state index contributed by atoms with van der Waals surface area (Å²) >= 11 is 12.5. The molecule has 3 N–H and O–H groups in total. The number of amides is 3. The predicted octanol–water partition coefficient (Wildman–Crippen LogP) is 6.57. The maximum Gasteiger partial charge on any atom is 0.408 e. The van der Waals surface area contributed by atoms with Crippen LogP contribution in [0.5, 0.6) is 0 Å². The molecule has 4 aromatic rings. The van der Waals surface area contributed by atoms with E-state index in [-0.39, 0.29) is 21.3 Å². The number of carbonyl (C=O) groups excluding carboxylic acids is 1. The number of anilines is 2. The minimum Gasteiger partial charge on any atom is -0.465 e. The van der Waals surface area contributed by atoms with Crippen molar-refractivity contribution in [2.75, 3.05) is 10.6 Å². The summed E-state index contributed by atoms with van der Waals surface area (Å²) in [4.78, 5) is 48.6. The molecule has 10 nitrogen and oxygen atoms in total. The van der Waals surface area contributed by atoms with Crippen molar-refractivity contribution in [3.05, 3.63) is 87.1 Å². The summed E-state index contributed by atoms with van der Waals surface area (Å²) < 4.78 is 1.32. The van der Waals surface area contributed by atoms with E-state index in [0.29, 0.717) is 22.6 Å². The molecule has 202 valence electrons. The Morgan fingerprint density at radius 3 is 2.44 bits per heavy atom. The van der Waals surface area contributed by atoms with E-state index >= 15 is 0 Å². The first-order valence-electron chi connectivity index (χ1n) is 11.9. The summed E-state index contributed by atoms with van der Waals surface area (Å²) in [5.74, 6) is 0.192. The monoisotopic (exact) mass is 568 g/mol. The molecule has 0 spiro atoms. The zero-order valence-electron chi connectivity index (χ0n) is 21.6. The molecule has 2 aromatic heterocycles. The molecule has 0 aliphatic rings. The number of fused-ring (bicyclic) bond motifs is 1. The van der Waals surface area contributed by atoms with E-state index in [0.717, 1.165) is 0 Å². The van der Waals surface area contributed by atoms with Crippen LogP contribution in [0.25, 0.3) is 16.6 Å². The highest BCUT2D eigenvalue weighted by atomic mass is 35.5. The lowest BCUT2D eigenvalue weighted by Gasteiger charge is -2.38. The predicted molar refractivity (Wildman–Crippen MR) is 152 cm³/mol. The standard InChI is InChI=1S/C27H26Cl2N6O4/c1-15(35(26(38)39)27(2,3)4)23-32-21-10-6-9-18(28)22(21)24(36)34(23)17-8-5-7-16(13-17)31-25(37)33-20-11-12-30-14-19(20)29/h5-15H,1-4H3,(H,38,39)(H2,30,31,33,37)/t15-/m0/s1. The second-order valence-corrected chi connectivity index (χ2v) is 10.5. The quantitative estimate of drug-likeness (QED) is 0.249. The number of hydrogen-bond acceptors (Lipinski definition) is 5. The number of nitrogens with zero attached hydrogens (tertiary/aromatic N) is 4. The number of rotatable bonds is 5. The Morgan fingerprint density at radius 2 is 1.77 bits per heavy atom. The molecule has 0 aliphatic heterocycles. The van der Waals surface area contributed by atoms with E-state index in [9.17, 15) is 19.5 Å². The first kappa shape index (κ1) is 27.9. The molecule has 3 amide bonds. The Hall–Kier alpha value is -4.15. The molecular weight excluding hydrogens is 543 g/mol. The molecule has 0 aliphatic carbocycles. The average Bonchev–Trinajstić information content (AvgIpc) is 2.84. The molecule has 39 heavy (non-hydrogen) atoms. The van der Waals surface area contributed by atoms with Gasteiger partial charge < -0.3 is 15.7 Å². The molecule has 0 saturated heterocycles. The van der Waals surface area contributed by atoms with Crippen molar-refractivity contribution < 1.29 is 14.7 Å². The summed E-state index contributed by atoms with van der Waals surface area (Å²) in [6.45, 7) is 6.95. The highest BCUT2D eigenvalue weighted by Gasteiger charge is 2.34. The first-order valence-corrected chi connectivity index (χ1v) is 12.7. The Balaban J connectivity index is 1.83. The third kappa shape index (κ3) is 5.81. The smallest absolute Gasteiger partial charge is 0.408 e. The maximum absolute atomic E-state index is 13.9. The molecule has 0 saturated carbocycles. The number of carboxylic acid groups (broad SMARTS) is 1. The van der Waals surface area contributed by atoms with E-state index in [1.54, 1.807) is 76.2 Å². The van der Waals surface area contributed by atoms with Gasteiger partial charge in [0.15, 0.2) is 0 Å². The second kappa shape index (κ2) is 10.9. The number of halogens is 2. The summed E-state index contributed by atoms with van der Waals surface area (Å²) in [6, 6.07) is 11.6. The van der Waals surface area contributed by atoms with Gasteiger partial charge in [-0.25, -0.2) is 14.6 Å². The van der Waals surface area contributed by atoms with Gasteiger partial charge in [0.25, 0.3) is 5.56 Å². The van der Waals surface area contributed by atoms with Crippen LogP contribution in [0.3, 0.4) is 0 Å². The van der Waals surface area contributed by atoms with Crippen molar-refractivity contribution in [1.29, 1.82) is 0 Å². The molecule has 0 bridgehead atoms. The van der Waals surface area contributed by atoms with Gasteiger partial charge in [-0.3, -0.25) is 19.2 Å². The van der Waals surface area contributed by atoms with Gasteiger partial charge in [-0.2, -0.15) is 0 Å². The largest absolute Gasteiger partial charge is 0.465 e. The SMILES string of the molecule is C[C@@H](c1nc2cccc(Cl)c2c(=O)n1-c1cccc(NC(=O)Nc2ccncc2Cl)c1)N(C(=O)O)C(C)(C)C. The average molecular weight is 569 g/mol. The summed E-state index contributed by atoms with van der Waals surface area (Å²) in [5, 5.41) is 16.1. The van der Waals surface area contributed by atoms with Gasteiger partial charge in [0, 0.05) is 23.6 Å². The third-order valence-electron chi connectivity index (χ3n) is 5.95. The Kier molecular flexibility index (Phi) is 7.80. The van der Waals surface area contributed by atoms with Gasteiger partial charge in [0.1, 0.15) is 5.82 Å². The second-order valence-electron chi connectivity index (χ2n) is 9.73. The van der Waals surface area contributed by atoms with E-state index in [1.165, 1.54) is 21.9 Å². The van der Waals surface area contributed by atoms with Crippen molar-refractivity contribution in [3.63, 3.8) is 0 Å². The Bertz CT molecular complexity index is 1630. The van der Waals surface area contributed by atoms with Crippen molar-refractivity contribution in [2.24, 2.45) is 0 Å². The minimum absolute atomic E-state index is 0.191. The van der Waals surface area contributed by atoms with Crippen LogP contribution in [-0.2, 0) is 0 Å². The lowest BCUT2D eigenvalue weighted by Crippen LogP contribution is -2.47. The summed E-state index contributed by atoms with van der Waals surface area (Å²) in [5.41, 5.74) is 0.162. The van der Waals surface area contributed by atoms with Gasteiger partial charge in [0.2, 0.25) is 0 Å². The normalized spacial score (nSPS) is 12.2. The molecule has 12 heteroatoms. The topological polar surface area (TPSA) is 129 Å². The van der Waals surface area contributed by atoms with Crippen molar-refractivity contribution >= 4 is 57.6 Å². The van der Waals surface area contributed by atoms with Crippen LogP contribution < -0.4 is 16.2 Å². The van der Waals surface area contributed by atoms with E-state index in [1.807, 2.05) is 0 Å². The van der Waals surface area contributed by atoms with Gasteiger partial charge >= 0.3 is 12.1 Å². The van der Waals surface area contributed by atoms with Crippen LogP contribution in [0, 0.1) is 0 Å². The van der Waals surface area contributed by atoms with E-state index in [4.69, 9.17) is 28.2 Å². The van der Waals surface area contributed by atoms with Gasteiger partial charge in [0.05, 0.1) is 38.4 Å². The number of hydrogen-bond donors (Lipinski definition) is 3. The fraction of sp³-hybridized carbons (Fsp3) is 0.222. The van der Waals surface area contributed by atoms with Crippen molar-refractivity contribution in [1.82, 2.24) is 19.4 Å². The van der Waals surface area contributed by atoms with Crippen LogP contribution in [0.2, 0.25) is 10.0 Å². The molecule has 2 aromatic carbocycles. The lowest BCUT2D eigenvalue weighted by atomic mass is 10.0. The number of pyridine rings is 1. The molecule has 1 atom stereocenters. The number of urea groups is 1. The molecule has 0 fully saturated rings. The van der Waals surface area contributed by atoms with Crippen LogP contribution >= 0.6 is 23.2 Å². The van der Waals surface area contributed by atoms with E-state index < -0.39 is 29.3 Å². The zero-order valence-corrected chi connectivity index (χ0v) is 23.1. The number of benzene rings is 2. The third-order valence-corrected chi connectivity index (χ3v) is 6.56. The van der Waals surface area contributed by atoms with Crippen LogP contribution in [0.15, 0.2) is 65.7 Å². The van der Waals surface area contributed by atoms with Gasteiger partial charge in [-0.1, -0.05) is 35.3 Å². The van der Waals surface area contributed by atoms with Crippen LogP contribution in [0.1, 0.15) is 39.6 Å². The van der Waals surface area contributed by atoms with Crippen molar-refractivity contribution in [3.8, 4) is 5.69 Å². The molecule has 0 unspecified atom stereocenters. The molecular formula is C27H26Cl2N6O4. The lowest BCUT2D eigenvalue weighted by molar-refractivity contribution is 0.0719. The number of carbonyl (C=O) groups is 2. The fourth-order valence-electron chi connectivity index (χ4n) is 4.37. The summed E-state index contributed by atoms with van der Waals surface area (Å²) in [6.07, 6.45) is 1.74. The Morgan fingerprint density at radius 1 is 1.05 bits per heavy atom. The Labute approximate surface area is 234 Å². The van der Waals surface area contributed by atoms with Crippen LogP contribution in [0.4, 0.5) is 21.0 Å². The minimum atomic E-state index is -1.16. The van der Waals surface area contributed by atoms with Gasteiger partial charge in [-0.05, 0) is 64.1 Å². The molecule has 0 radical (unpaired) electrons. The number of nitrogens with one attached hydrogen (secondary N) is 2. The van der Waals surface area contributed by atoms with E-state index in [2.05, 4.69) is 15.6 Å². The highest BCUT2D eigenvalue weighted by molar-refractivity contribution is 6.35. The highest BCUT2D eigenvalue weighted by Crippen LogP contribution is 2.30. The zero-order chi connectivity index (χ0) is 28.5.